The number of epoxide rings is 1. The smallest absolute Gasteiger partial charge is 0.357 e. The molecule has 0 aromatic rings. The Bertz CT molecular complexity index is 265. The molecule has 0 aliphatic carbocycles. The van der Waals surface area contributed by atoms with Crippen molar-refractivity contribution in [3.8, 4) is 0 Å². The highest BCUT2D eigenvalue weighted by Gasteiger charge is 2.74. The molecule has 1 fully saturated rings. The Morgan fingerprint density at radius 2 is 1.69 bits per heavy atom. The third-order valence-electron chi connectivity index (χ3n) is 2.80. The van der Waals surface area contributed by atoms with Crippen molar-refractivity contribution in [1.29, 1.82) is 0 Å². The minimum Gasteiger partial charge on any atom is -0.466 e. The first-order valence-corrected chi connectivity index (χ1v) is 6.12. The van der Waals surface area contributed by atoms with Gasteiger partial charge in [-0.3, -0.25) is 0 Å². The van der Waals surface area contributed by atoms with Gasteiger partial charge in [0.2, 0.25) is 0 Å². The van der Waals surface area contributed by atoms with Gasteiger partial charge in [0.05, 0.1) is 7.11 Å². The maximum absolute atomic E-state index is 11.6. The van der Waals surface area contributed by atoms with E-state index in [1.807, 2.05) is 0 Å². The van der Waals surface area contributed by atoms with Crippen LogP contribution in [0.15, 0.2) is 0 Å². The second-order valence-corrected chi connectivity index (χ2v) is 5.91. The summed E-state index contributed by atoms with van der Waals surface area (Å²) in [6.07, 6.45) is 1.56. The molecule has 0 aromatic heterocycles. The Kier molecular flexibility index (Phi) is 3.91. The van der Waals surface area contributed by atoms with Crippen LogP contribution in [-0.4, -0.2) is 23.7 Å². The third-order valence-corrected chi connectivity index (χ3v) is 3.38. The number of carbonyl (C=O) groups is 1. The van der Waals surface area contributed by atoms with Crippen LogP contribution in [0.2, 0.25) is 0 Å². The lowest BCUT2D eigenvalue weighted by molar-refractivity contribution is -0.143. The van der Waals surface area contributed by atoms with Crippen LogP contribution >= 0.6 is 11.6 Å². The van der Waals surface area contributed by atoms with Gasteiger partial charge in [-0.15, -0.1) is 0 Å². The molecule has 0 aromatic carbocycles. The van der Waals surface area contributed by atoms with E-state index in [1.54, 1.807) is 0 Å². The number of hydrogen-bond acceptors (Lipinski definition) is 3. The van der Waals surface area contributed by atoms with Crippen LogP contribution in [-0.2, 0) is 14.3 Å². The lowest BCUT2D eigenvalue weighted by atomic mass is 9.86. The molecule has 1 atom stereocenters. The Labute approximate surface area is 102 Å². The van der Waals surface area contributed by atoms with Crippen LogP contribution < -0.4 is 0 Å². The van der Waals surface area contributed by atoms with Crippen LogP contribution in [0.3, 0.4) is 0 Å². The SMILES string of the molecule is COC(=O)C1(Cl)OC1(CC(C)C)CC(C)C. The molecule has 0 radical (unpaired) electrons. The predicted molar refractivity (Wildman–Crippen MR) is 63.3 cm³/mol. The molecule has 1 unspecified atom stereocenters. The summed E-state index contributed by atoms with van der Waals surface area (Å²) in [6.45, 7) is 8.38. The monoisotopic (exact) mass is 248 g/mol. The van der Waals surface area contributed by atoms with Crippen LogP contribution in [0, 0.1) is 11.8 Å². The van der Waals surface area contributed by atoms with Gasteiger partial charge in [-0.25, -0.2) is 4.79 Å². The van der Waals surface area contributed by atoms with E-state index in [1.165, 1.54) is 7.11 Å². The lowest BCUT2D eigenvalue weighted by Crippen LogP contribution is -2.32. The molecule has 1 aliphatic heterocycles. The van der Waals surface area contributed by atoms with Gasteiger partial charge in [0.15, 0.2) is 0 Å². The van der Waals surface area contributed by atoms with E-state index in [0.29, 0.717) is 11.8 Å². The number of carbonyl (C=O) groups excluding carboxylic acids is 1. The average Bonchev–Trinajstić information content (AvgIpc) is 2.68. The van der Waals surface area contributed by atoms with Crippen LogP contribution in [0.1, 0.15) is 40.5 Å². The Balaban J connectivity index is 2.81. The first-order valence-electron chi connectivity index (χ1n) is 5.75. The maximum Gasteiger partial charge on any atom is 0.357 e. The minimum absolute atomic E-state index is 0.434. The highest BCUT2D eigenvalue weighted by molar-refractivity contribution is 6.35. The summed E-state index contributed by atoms with van der Waals surface area (Å²) < 4.78 is 10.3. The molecule has 1 heterocycles. The summed E-state index contributed by atoms with van der Waals surface area (Å²) in [7, 11) is 1.34. The number of hydrogen-bond donors (Lipinski definition) is 0. The van der Waals surface area contributed by atoms with Gasteiger partial charge in [-0.2, -0.15) is 0 Å². The Hall–Kier alpha value is -0.280. The van der Waals surface area contributed by atoms with Crippen molar-refractivity contribution < 1.29 is 14.3 Å². The van der Waals surface area contributed by atoms with Crippen molar-refractivity contribution in [2.45, 2.75) is 51.2 Å². The van der Waals surface area contributed by atoms with E-state index in [4.69, 9.17) is 21.1 Å². The predicted octanol–water partition coefficient (Wildman–Crippen LogP) is 2.96. The fourth-order valence-electron chi connectivity index (χ4n) is 2.35. The van der Waals surface area contributed by atoms with E-state index >= 15 is 0 Å². The molecule has 0 spiro atoms. The molecule has 1 rings (SSSR count). The third kappa shape index (κ3) is 2.35. The van der Waals surface area contributed by atoms with Crippen molar-refractivity contribution in [2.75, 3.05) is 7.11 Å². The standard InChI is InChI=1S/C12H21ClO3/c1-8(2)6-11(7-9(3)4)12(13,16-11)10(14)15-5/h8-9H,6-7H2,1-5H3. The molecule has 1 saturated heterocycles. The van der Waals surface area contributed by atoms with Gasteiger partial charge in [0.25, 0.3) is 5.06 Å². The lowest BCUT2D eigenvalue weighted by Gasteiger charge is -2.18. The summed E-state index contributed by atoms with van der Waals surface area (Å²) in [4.78, 5) is 11.6. The maximum atomic E-state index is 11.6. The van der Waals surface area contributed by atoms with E-state index in [0.717, 1.165) is 12.8 Å². The molecule has 16 heavy (non-hydrogen) atoms. The molecule has 4 heteroatoms. The summed E-state index contributed by atoms with van der Waals surface area (Å²) in [5.74, 6) is 0.392. The zero-order chi connectivity index (χ0) is 12.6. The quantitative estimate of drug-likeness (QED) is 0.427. The molecule has 0 saturated carbocycles. The summed E-state index contributed by atoms with van der Waals surface area (Å²) >= 11 is 6.21. The van der Waals surface area contributed by atoms with Gasteiger partial charge >= 0.3 is 5.97 Å². The number of rotatable bonds is 5. The number of ether oxygens (including phenoxy) is 2. The van der Waals surface area contributed by atoms with Crippen molar-refractivity contribution in [2.24, 2.45) is 11.8 Å². The molecular formula is C12H21ClO3. The second kappa shape index (κ2) is 4.53. The number of methoxy groups -OCH3 is 1. The van der Waals surface area contributed by atoms with Crippen molar-refractivity contribution in [3.63, 3.8) is 0 Å². The fourth-order valence-corrected chi connectivity index (χ4v) is 2.73. The Morgan fingerprint density at radius 3 is 2.00 bits per heavy atom. The second-order valence-electron chi connectivity index (χ2n) is 5.38. The van der Waals surface area contributed by atoms with Gasteiger partial charge in [0.1, 0.15) is 5.60 Å². The van der Waals surface area contributed by atoms with E-state index in [9.17, 15) is 4.79 Å². The van der Waals surface area contributed by atoms with Gasteiger partial charge in [-0.1, -0.05) is 39.3 Å². The van der Waals surface area contributed by atoms with Gasteiger partial charge in [0, 0.05) is 0 Å². The molecule has 0 amide bonds. The van der Waals surface area contributed by atoms with Crippen molar-refractivity contribution in [3.05, 3.63) is 0 Å². The van der Waals surface area contributed by atoms with Crippen LogP contribution in [0.5, 0.6) is 0 Å². The van der Waals surface area contributed by atoms with E-state index in [-0.39, 0.29) is 0 Å². The minimum atomic E-state index is -1.25. The highest BCUT2D eigenvalue weighted by atomic mass is 35.5. The first-order chi connectivity index (χ1) is 7.27. The molecule has 3 nitrogen and oxygen atoms in total. The number of esters is 1. The topological polar surface area (TPSA) is 38.8 Å². The molecular weight excluding hydrogens is 228 g/mol. The average molecular weight is 249 g/mol. The number of alkyl halides is 1. The zero-order valence-electron chi connectivity index (χ0n) is 10.7. The van der Waals surface area contributed by atoms with Gasteiger partial charge in [-0.05, 0) is 24.7 Å². The van der Waals surface area contributed by atoms with E-state index in [2.05, 4.69) is 27.7 Å². The molecule has 94 valence electrons. The zero-order valence-corrected chi connectivity index (χ0v) is 11.4. The van der Waals surface area contributed by atoms with Gasteiger partial charge < -0.3 is 9.47 Å². The van der Waals surface area contributed by atoms with E-state index < -0.39 is 16.6 Å². The molecule has 1 aliphatic rings. The van der Waals surface area contributed by atoms with Crippen LogP contribution in [0.4, 0.5) is 0 Å². The summed E-state index contributed by atoms with van der Waals surface area (Å²) in [5.41, 5.74) is -0.538. The molecule has 0 N–H and O–H groups in total. The number of halogens is 1. The fraction of sp³-hybridized carbons (Fsp3) is 0.917. The molecule has 0 bridgehead atoms. The highest BCUT2D eigenvalue weighted by Crippen LogP contribution is 2.58. The van der Waals surface area contributed by atoms with Crippen molar-refractivity contribution >= 4 is 17.6 Å². The van der Waals surface area contributed by atoms with Crippen LogP contribution in [0.25, 0.3) is 0 Å². The summed E-state index contributed by atoms with van der Waals surface area (Å²) in [5, 5.41) is -1.25. The summed E-state index contributed by atoms with van der Waals surface area (Å²) in [6, 6.07) is 0. The Morgan fingerprint density at radius 1 is 1.25 bits per heavy atom. The first kappa shape index (κ1) is 13.8. The largest absolute Gasteiger partial charge is 0.466 e. The van der Waals surface area contributed by atoms with Crippen molar-refractivity contribution in [1.82, 2.24) is 0 Å². The normalized spacial score (nSPS) is 27.2.